The van der Waals surface area contributed by atoms with E-state index >= 15 is 4.39 Å². The quantitative estimate of drug-likeness (QED) is 0.467. The summed E-state index contributed by atoms with van der Waals surface area (Å²) in [5, 5.41) is 11.5. The number of nitrogens with zero attached hydrogens (tertiary/aromatic N) is 2. The second-order valence-electron chi connectivity index (χ2n) is 13.3. The zero-order chi connectivity index (χ0) is 31.6. The number of carbonyl (C=O) groups is 3. The predicted octanol–water partition coefficient (Wildman–Crippen LogP) is 3.47. The second kappa shape index (κ2) is 10.9. The van der Waals surface area contributed by atoms with Gasteiger partial charge >= 0.3 is 0 Å². The van der Waals surface area contributed by atoms with Crippen LogP contribution in [0.2, 0.25) is 0 Å². The van der Waals surface area contributed by atoms with Crippen molar-refractivity contribution >= 4 is 17.5 Å². The Morgan fingerprint density at radius 1 is 1.24 bits per heavy atom. The molecule has 10 heteroatoms. The Labute approximate surface area is 247 Å². The smallest absolute Gasteiger partial charge is 0.255 e. The highest BCUT2D eigenvalue weighted by molar-refractivity contribution is 6.22. The lowest BCUT2D eigenvalue weighted by atomic mass is 9.58. The molecule has 0 fully saturated rings. The number of aliphatic hydroxyl groups is 1. The Morgan fingerprint density at radius 2 is 1.86 bits per heavy atom. The molecule has 0 saturated carbocycles. The SMILES string of the molecule is COC1=C2C(=O)c3c(C)cc(CN(C)[C@H](C)C(C)(C)C)c(F)c3C[C@H]2C[C@H]2[C@H](N(C)C)C(=O)C(C(N)=O)=C(O)[C@@]12OC. The van der Waals surface area contributed by atoms with Gasteiger partial charge in [0.1, 0.15) is 22.9 Å². The highest BCUT2D eigenvalue weighted by Crippen LogP contribution is 2.55. The van der Waals surface area contributed by atoms with Crippen molar-refractivity contribution in [3.63, 3.8) is 0 Å². The molecule has 0 aliphatic heterocycles. The van der Waals surface area contributed by atoms with Crippen LogP contribution in [0.4, 0.5) is 4.39 Å². The number of primary amides is 1. The fraction of sp³-hybridized carbons (Fsp3) is 0.594. The average molecular weight is 586 g/mol. The predicted molar refractivity (Wildman–Crippen MR) is 156 cm³/mol. The number of hydrogen-bond donors (Lipinski definition) is 2. The lowest BCUT2D eigenvalue weighted by Crippen LogP contribution is -2.63. The topological polar surface area (TPSA) is 122 Å². The third-order valence-electron chi connectivity index (χ3n) is 9.75. The van der Waals surface area contributed by atoms with E-state index < -0.39 is 58.1 Å². The zero-order valence-corrected chi connectivity index (χ0v) is 26.3. The first-order valence-electron chi connectivity index (χ1n) is 14.3. The summed E-state index contributed by atoms with van der Waals surface area (Å²) in [6.45, 7) is 10.7. The van der Waals surface area contributed by atoms with E-state index in [0.717, 1.165) is 0 Å². The molecule has 0 saturated heterocycles. The summed E-state index contributed by atoms with van der Waals surface area (Å²) in [7, 11) is 8.02. The van der Waals surface area contributed by atoms with Crippen molar-refractivity contribution in [1.82, 2.24) is 9.80 Å². The van der Waals surface area contributed by atoms with Gasteiger partial charge in [-0.3, -0.25) is 24.2 Å². The van der Waals surface area contributed by atoms with E-state index in [9.17, 15) is 19.5 Å². The molecule has 0 radical (unpaired) electrons. The molecule has 5 atom stereocenters. The number of amides is 1. The van der Waals surface area contributed by atoms with Gasteiger partial charge in [-0.05, 0) is 64.7 Å². The van der Waals surface area contributed by atoms with Crippen molar-refractivity contribution in [3.8, 4) is 0 Å². The van der Waals surface area contributed by atoms with Crippen molar-refractivity contribution in [2.75, 3.05) is 35.4 Å². The molecule has 0 aromatic heterocycles. The Balaban J connectivity index is 1.93. The molecule has 4 rings (SSSR count). The standard InChI is InChI=1S/C32H44FN3O6/c1-15-11-18(14-36(8)16(2)31(3,4)5)24(33)19-12-17-13-20-25(35(6)7)27(38)23(30(34)40)28(39)32(20,42-10)29(41-9)22(17)26(37)21(15)19/h11,16-17,20,25,39H,12-14H2,1-10H3,(H2,34,40)/t16-,17+,20+,25+,32-/m1/s1. The highest BCUT2D eigenvalue weighted by atomic mass is 19.1. The molecular weight excluding hydrogens is 541 g/mol. The Morgan fingerprint density at radius 3 is 2.36 bits per heavy atom. The van der Waals surface area contributed by atoms with Crippen LogP contribution in [0.15, 0.2) is 28.7 Å². The largest absolute Gasteiger partial charge is 0.508 e. The van der Waals surface area contributed by atoms with Crippen LogP contribution in [-0.2, 0) is 32.0 Å². The molecule has 0 bridgehead atoms. The maximum absolute atomic E-state index is 16.3. The van der Waals surface area contributed by atoms with Gasteiger partial charge < -0.3 is 20.3 Å². The number of Topliss-reactive ketones (excluding diaryl/α,β-unsaturated/α-hetero) is 2. The summed E-state index contributed by atoms with van der Waals surface area (Å²) in [4.78, 5) is 43.9. The van der Waals surface area contributed by atoms with Crippen LogP contribution in [0.25, 0.3) is 0 Å². The van der Waals surface area contributed by atoms with E-state index in [2.05, 4.69) is 32.6 Å². The van der Waals surface area contributed by atoms with Gasteiger partial charge in [-0.2, -0.15) is 0 Å². The van der Waals surface area contributed by atoms with E-state index in [1.807, 2.05) is 7.05 Å². The molecule has 230 valence electrons. The molecule has 1 aromatic carbocycles. The number of aryl methyl sites for hydroxylation is 1. The van der Waals surface area contributed by atoms with Crippen LogP contribution in [0, 0.1) is 30.0 Å². The van der Waals surface area contributed by atoms with Gasteiger partial charge in [-0.1, -0.05) is 26.8 Å². The fourth-order valence-corrected chi connectivity index (χ4v) is 7.33. The number of halogens is 1. The normalized spacial score (nSPS) is 26.8. The third-order valence-corrected chi connectivity index (χ3v) is 9.75. The van der Waals surface area contributed by atoms with Crippen molar-refractivity contribution in [2.45, 2.75) is 71.7 Å². The van der Waals surface area contributed by atoms with Crippen LogP contribution >= 0.6 is 0 Å². The molecule has 0 unspecified atom stereocenters. The lowest BCUT2D eigenvalue weighted by Gasteiger charge is -2.52. The molecule has 0 spiro atoms. The summed E-state index contributed by atoms with van der Waals surface area (Å²) in [6, 6.07) is 0.983. The van der Waals surface area contributed by atoms with Crippen molar-refractivity contribution in [3.05, 3.63) is 56.8 Å². The number of nitrogens with two attached hydrogens (primary N) is 1. The first-order valence-corrected chi connectivity index (χ1v) is 14.3. The Bertz CT molecular complexity index is 1410. The van der Waals surface area contributed by atoms with Gasteiger partial charge in [0.05, 0.1) is 13.2 Å². The first kappa shape index (κ1) is 31.8. The number of carbonyl (C=O) groups excluding carboxylic acids is 3. The van der Waals surface area contributed by atoms with Gasteiger partial charge in [-0.25, -0.2) is 4.39 Å². The van der Waals surface area contributed by atoms with Crippen LogP contribution in [0.3, 0.4) is 0 Å². The molecule has 1 aromatic rings. The Kier molecular flexibility index (Phi) is 8.25. The summed E-state index contributed by atoms with van der Waals surface area (Å²) in [6.07, 6.45) is 0.412. The molecular formula is C32H44FN3O6. The summed E-state index contributed by atoms with van der Waals surface area (Å²) < 4.78 is 28.1. The molecule has 9 nitrogen and oxygen atoms in total. The number of ether oxygens (including phenoxy) is 2. The average Bonchev–Trinajstić information content (AvgIpc) is 2.88. The number of likely N-dealkylation sites (N-methyl/N-ethyl adjacent to an activating group) is 1. The van der Waals surface area contributed by atoms with Crippen molar-refractivity contribution in [1.29, 1.82) is 0 Å². The fourth-order valence-electron chi connectivity index (χ4n) is 7.33. The third kappa shape index (κ3) is 4.59. The van der Waals surface area contributed by atoms with Gasteiger partial charge in [0.15, 0.2) is 17.2 Å². The second-order valence-corrected chi connectivity index (χ2v) is 13.3. The minimum absolute atomic E-state index is 0.00850. The lowest BCUT2D eigenvalue weighted by molar-refractivity contribution is -0.141. The molecule has 3 N–H and O–H groups in total. The van der Waals surface area contributed by atoms with Gasteiger partial charge in [0.25, 0.3) is 5.91 Å². The number of methoxy groups -OCH3 is 2. The number of fused-ring (bicyclic) bond motifs is 3. The molecule has 3 aliphatic rings. The highest BCUT2D eigenvalue weighted by Gasteiger charge is 2.64. The summed E-state index contributed by atoms with van der Waals surface area (Å²) in [5.41, 5.74) is 5.19. The number of aliphatic hydroxyl groups excluding tert-OH is 1. The maximum Gasteiger partial charge on any atom is 0.255 e. The van der Waals surface area contributed by atoms with Gasteiger partial charge in [0.2, 0.25) is 0 Å². The van der Waals surface area contributed by atoms with Crippen molar-refractivity contribution in [2.24, 2.45) is 23.0 Å². The molecule has 42 heavy (non-hydrogen) atoms. The van der Waals surface area contributed by atoms with Crippen molar-refractivity contribution < 1.29 is 33.4 Å². The first-order chi connectivity index (χ1) is 19.4. The Hall–Kier alpha value is -3.08. The number of benzene rings is 1. The van der Waals surface area contributed by atoms with E-state index in [-0.39, 0.29) is 41.2 Å². The van der Waals surface area contributed by atoms with Crippen LogP contribution in [0.5, 0.6) is 0 Å². The number of rotatable bonds is 7. The molecule has 3 aliphatic carbocycles. The summed E-state index contributed by atoms with van der Waals surface area (Å²) in [5.74, 6) is -4.47. The van der Waals surface area contributed by atoms with Gasteiger partial charge in [-0.15, -0.1) is 0 Å². The summed E-state index contributed by atoms with van der Waals surface area (Å²) >= 11 is 0. The van der Waals surface area contributed by atoms with E-state index in [0.29, 0.717) is 23.2 Å². The van der Waals surface area contributed by atoms with Crippen LogP contribution in [0.1, 0.15) is 61.2 Å². The van der Waals surface area contributed by atoms with E-state index in [1.54, 1.807) is 32.0 Å². The van der Waals surface area contributed by atoms with E-state index in [1.165, 1.54) is 14.2 Å². The van der Waals surface area contributed by atoms with Gasteiger partial charge in [0, 0.05) is 47.9 Å². The minimum Gasteiger partial charge on any atom is -0.508 e. The molecule has 1 amide bonds. The number of allylic oxidation sites excluding steroid dienone is 1. The number of hydrogen-bond acceptors (Lipinski definition) is 8. The monoisotopic (exact) mass is 585 g/mol. The minimum atomic E-state index is -1.81. The van der Waals surface area contributed by atoms with E-state index in [4.69, 9.17) is 15.2 Å². The molecule has 0 heterocycles. The maximum atomic E-state index is 16.3. The number of ketones is 2. The van der Waals surface area contributed by atoms with Crippen LogP contribution < -0.4 is 5.73 Å². The van der Waals surface area contributed by atoms with Crippen LogP contribution in [-0.4, -0.2) is 85.4 Å². The zero-order valence-electron chi connectivity index (χ0n) is 26.3.